The Morgan fingerprint density at radius 3 is 2.17 bits per heavy atom. The minimum absolute atomic E-state index is 0.0134. The molecule has 3 heteroatoms. The second kappa shape index (κ2) is 6.93. The van der Waals surface area contributed by atoms with Crippen LogP contribution in [-0.4, -0.2) is 24.2 Å². The van der Waals surface area contributed by atoms with Gasteiger partial charge in [0.25, 0.3) is 0 Å². The lowest BCUT2D eigenvalue weighted by Gasteiger charge is -2.32. The van der Waals surface area contributed by atoms with Crippen LogP contribution in [0.15, 0.2) is 11.6 Å². The fourth-order valence-corrected chi connectivity index (χ4v) is 2.96. The van der Waals surface area contributed by atoms with E-state index in [0.29, 0.717) is 17.8 Å². The topological polar surface area (TPSA) is 49.3 Å². The quantitative estimate of drug-likeness (QED) is 0.756. The van der Waals surface area contributed by atoms with E-state index in [9.17, 15) is 9.90 Å². The standard InChI is InChI=1S/C15H27NO2/c1-10(9-11(2)15(18)16-4)13-5-7-14(8-6-13)12(3)17/h9-10,12-14,17H,5-8H2,1-4H3,(H,16,18)/b11-9+. The first-order valence-electron chi connectivity index (χ1n) is 7.04. The van der Waals surface area contributed by atoms with E-state index < -0.39 is 0 Å². The maximum absolute atomic E-state index is 11.5. The largest absolute Gasteiger partial charge is 0.393 e. The first-order chi connectivity index (χ1) is 8.45. The molecular weight excluding hydrogens is 226 g/mol. The molecule has 0 aromatic heterocycles. The van der Waals surface area contributed by atoms with Gasteiger partial charge in [-0.2, -0.15) is 0 Å². The van der Waals surface area contributed by atoms with Crippen LogP contribution in [0.1, 0.15) is 46.5 Å². The van der Waals surface area contributed by atoms with Crippen molar-refractivity contribution in [3.05, 3.63) is 11.6 Å². The van der Waals surface area contributed by atoms with Crippen molar-refractivity contribution in [1.29, 1.82) is 0 Å². The summed E-state index contributed by atoms with van der Waals surface area (Å²) < 4.78 is 0. The zero-order chi connectivity index (χ0) is 13.7. The summed E-state index contributed by atoms with van der Waals surface area (Å²) in [5.74, 6) is 1.58. The second-order valence-corrected chi connectivity index (χ2v) is 5.70. The molecule has 0 bridgehead atoms. The maximum Gasteiger partial charge on any atom is 0.246 e. The van der Waals surface area contributed by atoms with Gasteiger partial charge < -0.3 is 10.4 Å². The molecule has 0 saturated heterocycles. The average molecular weight is 253 g/mol. The lowest BCUT2D eigenvalue weighted by atomic mass is 9.74. The molecule has 18 heavy (non-hydrogen) atoms. The van der Waals surface area contributed by atoms with Crippen LogP contribution in [0.5, 0.6) is 0 Å². The number of aliphatic hydroxyl groups excluding tert-OH is 1. The van der Waals surface area contributed by atoms with Crippen LogP contribution >= 0.6 is 0 Å². The van der Waals surface area contributed by atoms with E-state index in [2.05, 4.69) is 18.3 Å². The first kappa shape index (κ1) is 15.2. The SMILES string of the molecule is CNC(=O)/C(C)=C/C(C)C1CCC(C(C)O)CC1. The van der Waals surface area contributed by atoms with E-state index in [1.165, 1.54) is 0 Å². The Balaban J connectivity index is 2.50. The molecule has 2 atom stereocenters. The van der Waals surface area contributed by atoms with E-state index in [4.69, 9.17) is 0 Å². The molecule has 0 radical (unpaired) electrons. The van der Waals surface area contributed by atoms with Gasteiger partial charge in [0.2, 0.25) is 5.91 Å². The molecule has 0 spiro atoms. The predicted octanol–water partition coefficient (Wildman–Crippen LogP) is 2.50. The monoisotopic (exact) mass is 253 g/mol. The molecule has 2 unspecified atom stereocenters. The number of hydrogen-bond acceptors (Lipinski definition) is 2. The molecule has 1 saturated carbocycles. The van der Waals surface area contributed by atoms with Gasteiger partial charge in [0.05, 0.1) is 6.10 Å². The van der Waals surface area contributed by atoms with Gasteiger partial charge in [-0.3, -0.25) is 4.79 Å². The number of nitrogens with one attached hydrogen (secondary N) is 1. The molecule has 104 valence electrons. The fraction of sp³-hybridized carbons (Fsp3) is 0.800. The normalized spacial score (nSPS) is 28.6. The van der Waals surface area contributed by atoms with Crippen LogP contribution < -0.4 is 5.32 Å². The van der Waals surface area contributed by atoms with Crippen LogP contribution in [0.4, 0.5) is 0 Å². The number of carbonyl (C=O) groups is 1. The van der Waals surface area contributed by atoms with E-state index in [-0.39, 0.29) is 12.0 Å². The molecule has 1 rings (SSSR count). The summed E-state index contributed by atoms with van der Waals surface area (Å²) in [5.41, 5.74) is 0.808. The van der Waals surface area contributed by atoms with E-state index in [1.54, 1.807) is 7.05 Å². The summed E-state index contributed by atoms with van der Waals surface area (Å²) in [6.07, 6.45) is 6.46. The molecule has 2 N–H and O–H groups in total. The lowest BCUT2D eigenvalue weighted by Crippen LogP contribution is -2.26. The van der Waals surface area contributed by atoms with E-state index in [0.717, 1.165) is 31.3 Å². The highest BCUT2D eigenvalue weighted by Gasteiger charge is 2.26. The third-order valence-corrected chi connectivity index (χ3v) is 4.34. The number of likely N-dealkylation sites (N-methyl/N-ethyl adjacent to an activating group) is 1. The number of carbonyl (C=O) groups excluding carboxylic acids is 1. The number of allylic oxidation sites excluding steroid dienone is 1. The third-order valence-electron chi connectivity index (χ3n) is 4.34. The molecule has 0 aliphatic heterocycles. The molecule has 0 heterocycles. The van der Waals surface area contributed by atoms with Gasteiger partial charge in [-0.05, 0) is 57.3 Å². The van der Waals surface area contributed by atoms with Crippen molar-refractivity contribution in [2.75, 3.05) is 7.05 Å². The van der Waals surface area contributed by atoms with Crippen molar-refractivity contribution in [3.8, 4) is 0 Å². The molecule has 1 amide bonds. The van der Waals surface area contributed by atoms with Crippen LogP contribution in [0, 0.1) is 17.8 Å². The Kier molecular flexibility index (Phi) is 5.86. The van der Waals surface area contributed by atoms with Crippen molar-refractivity contribution in [2.45, 2.75) is 52.6 Å². The Labute approximate surface area is 111 Å². The van der Waals surface area contributed by atoms with Crippen molar-refractivity contribution in [3.63, 3.8) is 0 Å². The molecule has 0 aromatic rings. The molecule has 0 aromatic carbocycles. The van der Waals surface area contributed by atoms with Gasteiger partial charge in [0.15, 0.2) is 0 Å². The highest BCUT2D eigenvalue weighted by atomic mass is 16.3. The summed E-state index contributed by atoms with van der Waals surface area (Å²) in [4.78, 5) is 11.5. The van der Waals surface area contributed by atoms with Gasteiger partial charge in [-0.15, -0.1) is 0 Å². The molecule has 1 fully saturated rings. The van der Waals surface area contributed by atoms with Crippen molar-refractivity contribution >= 4 is 5.91 Å². The molecule has 1 aliphatic rings. The Bertz CT molecular complexity index is 302. The zero-order valence-electron chi connectivity index (χ0n) is 12.1. The highest BCUT2D eigenvalue weighted by Crippen LogP contribution is 2.35. The number of amides is 1. The smallest absolute Gasteiger partial charge is 0.246 e. The zero-order valence-corrected chi connectivity index (χ0v) is 12.1. The van der Waals surface area contributed by atoms with Crippen LogP contribution in [0.3, 0.4) is 0 Å². The minimum Gasteiger partial charge on any atom is -0.393 e. The summed E-state index contributed by atoms with van der Waals surface area (Å²) >= 11 is 0. The van der Waals surface area contributed by atoms with Gasteiger partial charge in [0.1, 0.15) is 0 Å². The lowest BCUT2D eigenvalue weighted by molar-refractivity contribution is -0.117. The summed E-state index contributed by atoms with van der Waals surface area (Å²) in [6, 6.07) is 0. The molecular formula is C15H27NO2. The van der Waals surface area contributed by atoms with Crippen LogP contribution in [0.2, 0.25) is 0 Å². The highest BCUT2D eigenvalue weighted by molar-refractivity contribution is 5.92. The molecule has 1 aliphatic carbocycles. The van der Waals surface area contributed by atoms with Crippen LogP contribution in [-0.2, 0) is 4.79 Å². The fourth-order valence-electron chi connectivity index (χ4n) is 2.96. The van der Waals surface area contributed by atoms with Crippen LogP contribution in [0.25, 0.3) is 0 Å². The first-order valence-corrected chi connectivity index (χ1v) is 7.04. The summed E-state index contributed by atoms with van der Waals surface area (Å²) in [5, 5.41) is 12.2. The van der Waals surface area contributed by atoms with Crippen molar-refractivity contribution < 1.29 is 9.90 Å². The number of rotatable bonds is 4. The van der Waals surface area contributed by atoms with Crippen molar-refractivity contribution in [1.82, 2.24) is 5.32 Å². The number of hydrogen-bond donors (Lipinski definition) is 2. The Morgan fingerprint density at radius 2 is 1.72 bits per heavy atom. The Hall–Kier alpha value is -0.830. The van der Waals surface area contributed by atoms with Gasteiger partial charge in [0, 0.05) is 12.6 Å². The van der Waals surface area contributed by atoms with Gasteiger partial charge in [-0.1, -0.05) is 13.0 Å². The predicted molar refractivity (Wildman–Crippen MR) is 74.1 cm³/mol. The summed E-state index contributed by atoms with van der Waals surface area (Å²) in [7, 11) is 1.66. The van der Waals surface area contributed by atoms with E-state index in [1.807, 2.05) is 13.8 Å². The second-order valence-electron chi connectivity index (χ2n) is 5.70. The van der Waals surface area contributed by atoms with Crippen molar-refractivity contribution in [2.24, 2.45) is 17.8 Å². The minimum atomic E-state index is -0.176. The maximum atomic E-state index is 11.5. The average Bonchev–Trinajstić information content (AvgIpc) is 2.37. The summed E-state index contributed by atoms with van der Waals surface area (Å²) in [6.45, 7) is 5.96. The van der Waals surface area contributed by atoms with Gasteiger partial charge >= 0.3 is 0 Å². The number of aliphatic hydroxyl groups is 1. The van der Waals surface area contributed by atoms with Gasteiger partial charge in [-0.25, -0.2) is 0 Å². The van der Waals surface area contributed by atoms with E-state index >= 15 is 0 Å². The molecule has 3 nitrogen and oxygen atoms in total. The third kappa shape index (κ3) is 4.13. The Morgan fingerprint density at radius 1 is 1.22 bits per heavy atom.